The summed E-state index contributed by atoms with van der Waals surface area (Å²) in [5, 5.41) is 20.9. The van der Waals surface area contributed by atoms with E-state index in [9.17, 15) is 9.90 Å². The maximum Gasteiger partial charge on any atom is 0.238 e. The highest BCUT2D eigenvalue weighted by molar-refractivity contribution is 6.30. The molecule has 3 saturated heterocycles. The zero-order chi connectivity index (χ0) is 29.6. The molecule has 1 saturated carbocycles. The van der Waals surface area contributed by atoms with E-state index in [2.05, 4.69) is 34.8 Å². The monoisotopic (exact) mass is 618 g/mol. The third kappa shape index (κ3) is 4.07. The molecule has 5 aliphatic rings. The molecule has 4 aliphatic heterocycles. The number of pyridine rings is 1. The van der Waals surface area contributed by atoms with Crippen LogP contribution in [0.1, 0.15) is 69.9 Å². The Labute approximate surface area is 255 Å². The van der Waals surface area contributed by atoms with Gasteiger partial charge < -0.3 is 25.2 Å². The van der Waals surface area contributed by atoms with Gasteiger partial charge >= 0.3 is 0 Å². The SMILES string of the molecule is C[C@@H](O)[C@@H]1CCC(NC(=O)[C@@H]2NC34CCC(C)(C)CC3O[C@@H]3Nc5cc(Cl)ncc5[C@]34[C@H]2c2cccc(Cl)c2F)CO1. The summed E-state index contributed by atoms with van der Waals surface area (Å²) in [6.45, 7) is 6.49. The lowest BCUT2D eigenvalue weighted by Gasteiger charge is -2.49. The molecular weight excluding hydrogens is 582 g/mol. The first-order chi connectivity index (χ1) is 20.0. The Kier molecular flexibility index (Phi) is 6.85. The van der Waals surface area contributed by atoms with Gasteiger partial charge in [-0.2, -0.15) is 0 Å². The predicted octanol–water partition coefficient (Wildman–Crippen LogP) is 4.66. The molecular formula is C31H37Cl2FN4O4. The van der Waals surface area contributed by atoms with Crippen LogP contribution in [0.4, 0.5) is 10.1 Å². The Morgan fingerprint density at radius 3 is 2.81 bits per heavy atom. The van der Waals surface area contributed by atoms with Gasteiger partial charge in [0.1, 0.15) is 17.2 Å². The van der Waals surface area contributed by atoms with Crippen LogP contribution in [0.3, 0.4) is 0 Å². The number of amides is 1. The Morgan fingerprint density at radius 1 is 1.26 bits per heavy atom. The molecule has 8 nitrogen and oxygen atoms in total. The van der Waals surface area contributed by atoms with Gasteiger partial charge in [-0.05, 0) is 62.1 Å². The van der Waals surface area contributed by atoms with Crippen LogP contribution in [-0.2, 0) is 19.7 Å². The lowest BCUT2D eigenvalue weighted by atomic mass is 9.54. The molecule has 2 aromatic rings. The quantitative estimate of drug-likeness (QED) is 0.369. The van der Waals surface area contributed by atoms with E-state index >= 15 is 4.39 Å². The number of nitrogens with zero attached hydrogens (tertiary/aromatic N) is 1. The molecule has 7 rings (SSSR count). The van der Waals surface area contributed by atoms with Crippen LogP contribution in [0, 0.1) is 11.2 Å². The maximum absolute atomic E-state index is 16.1. The summed E-state index contributed by atoms with van der Waals surface area (Å²) < 4.78 is 28.8. The van der Waals surface area contributed by atoms with Gasteiger partial charge in [-0.15, -0.1) is 0 Å². The number of hydrogen-bond acceptors (Lipinski definition) is 7. The number of fused-ring (bicyclic) bond motifs is 1. The van der Waals surface area contributed by atoms with E-state index in [0.29, 0.717) is 30.2 Å². The van der Waals surface area contributed by atoms with Crippen molar-refractivity contribution in [3.63, 3.8) is 0 Å². The highest BCUT2D eigenvalue weighted by Gasteiger charge is 2.79. The van der Waals surface area contributed by atoms with Crippen molar-refractivity contribution in [2.45, 2.75) is 106 Å². The molecule has 11 heteroatoms. The molecule has 4 fully saturated rings. The van der Waals surface area contributed by atoms with Crippen molar-refractivity contribution in [1.82, 2.24) is 15.6 Å². The molecule has 42 heavy (non-hydrogen) atoms. The Bertz CT molecular complexity index is 1420. The number of aromatic nitrogens is 1. The largest absolute Gasteiger partial charge is 0.391 e. The summed E-state index contributed by atoms with van der Waals surface area (Å²) in [5.74, 6) is -1.43. The topological polar surface area (TPSA) is 105 Å². The summed E-state index contributed by atoms with van der Waals surface area (Å²) in [6.07, 6.45) is 3.91. The summed E-state index contributed by atoms with van der Waals surface area (Å²) in [5.41, 5.74) is 0.507. The number of carbonyl (C=O) groups is 1. The molecule has 0 radical (unpaired) electrons. The minimum absolute atomic E-state index is 0.00561. The van der Waals surface area contributed by atoms with E-state index in [1.807, 2.05) is 0 Å². The zero-order valence-electron chi connectivity index (χ0n) is 23.9. The van der Waals surface area contributed by atoms with Gasteiger partial charge in [-0.3, -0.25) is 10.1 Å². The minimum Gasteiger partial charge on any atom is -0.391 e. The molecule has 2 spiro atoms. The summed E-state index contributed by atoms with van der Waals surface area (Å²) in [7, 11) is 0. The third-order valence-electron chi connectivity index (χ3n) is 10.6. The molecule has 226 valence electrons. The van der Waals surface area contributed by atoms with Gasteiger partial charge in [0.15, 0.2) is 0 Å². The van der Waals surface area contributed by atoms with Crippen LogP contribution in [0.25, 0.3) is 0 Å². The number of halogens is 3. The number of anilines is 1. The second kappa shape index (κ2) is 10.0. The average Bonchev–Trinajstić information content (AvgIpc) is 3.50. The molecule has 5 heterocycles. The Hall–Kier alpha value is -2.01. The molecule has 9 atom stereocenters. The van der Waals surface area contributed by atoms with Crippen molar-refractivity contribution >= 4 is 34.8 Å². The van der Waals surface area contributed by atoms with Crippen molar-refractivity contribution in [2.75, 3.05) is 11.9 Å². The van der Waals surface area contributed by atoms with Crippen LogP contribution >= 0.6 is 23.2 Å². The first kappa shape index (κ1) is 28.7. The van der Waals surface area contributed by atoms with Gasteiger partial charge in [0, 0.05) is 23.4 Å². The standard InChI is InChI=1S/C31H37Cl2FN4O4/c1-15(39)21-8-7-16(14-41-21)36-27(40)26-24(17-5-4-6-19(32)25(17)34)31-18-13-35-23(33)11-20(18)37-28(31)42-22-12-29(2,3)9-10-30(22,31)38-26/h4-6,11,13,15-16,21-22,24,26,28,37-39H,7-10,12,14H2,1-3H3,(H,36,40)/t15-,16?,21+,22?,24+,26-,28+,30?,31+/m1/s1. The highest BCUT2D eigenvalue weighted by Crippen LogP contribution is 2.69. The number of benzene rings is 1. The molecule has 4 N–H and O–H groups in total. The maximum atomic E-state index is 16.1. The van der Waals surface area contributed by atoms with Gasteiger partial charge in [0.2, 0.25) is 5.91 Å². The van der Waals surface area contributed by atoms with Gasteiger partial charge in [0.25, 0.3) is 0 Å². The molecule has 3 unspecified atom stereocenters. The first-order valence-corrected chi connectivity index (χ1v) is 15.6. The first-order valence-electron chi connectivity index (χ1n) is 14.9. The molecule has 1 aliphatic carbocycles. The van der Waals surface area contributed by atoms with Crippen LogP contribution in [0.2, 0.25) is 10.2 Å². The van der Waals surface area contributed by atoms with Crippen molar-refractivity contribution in [3.8, 4) is 0 Å². The summed E-state index contributed by atoms with van der Waals surface area (Å²) in [4.78, 5) is 18.8. The zero-order valence-corrected chi connectivity index (χ0v) is 25.4. The van der Waals surface area contributed by atoms with Crippen molar-refractivity contribution in [2.24, 2.45) is 5.41 Å². The van der Waals surface area contributed by atoms with Crippen LogP contribution in [0.5, 0.6) is 0 Å². The lowest BCUT2D eigenvalue weighted by molar-refractivity contribution is -0.127. The number of carbonyl (C=O) groups excluding carboxylic acids is 1. The van der Waals surface area contributed by atoms with Crippen LogP contribution in [-0.4, -0.2) is 64.8 Å². The van der Waals surface area contributed by atoms with Crippen molar-refractivity contribution < 1.29 is 23.8 Å². The molecule has 1 amide bonds. The predicted molar refractivity (Wildman–Crippen MR) is 157 cm³/mol. The Balaban J connectivity index is 1.36. The number of aliphatic hydroxyl groups excluding tert-OH is 1. The normalized spacial score (nSPS) is 38.5. The fourth-order valence-electron chi connectivity index (χ4n) is 8.64. The molecule has 0 bridgehead atoms. The van der Waals surface area contributed by atoms with Crippen molar-refractivity contribution in [1.29, 1.82) is 0 Å². The van der Waals surface area contributed by atoms with Crippen molar-refractivity contribution in [3.05, 3.63) is 57.6 Å². The number of aliphatic hydroxyl groups is 1. The molecule has 1 aromatic heterocycles. The minimum atomic E-state index is -0.866. The van der Waals surface area contributed by atoms with Crippen LogP contribution in [0.15, 0.2) is 30.5 Å². The lowest BCUT2D eigenvalue weighted by Crippen LogP contribution is -2.63. The van der Waals surface area contributed by atoms with E-state index in [4.69, 9.17) is 32.7 Å². The number of nitrogens with one attached hydrogen (secondary N) is 3. The number of rotatable bonds is 4. The molecule has 1 aromatic carbocycles. The second-order valence-electron chi connectivity index (χ2n) is 13.5. The highest BCUT2D eigenvalue weighted by atomic mass is 35.5. The van der Waals surface area contributed by atoms with Gasteiger partial charge in [-0.1, -0.05) is 49.2 Å². The van der Waals surface area contributed by atoms with Gasteiger partial charge in [0.05, 0.1) is 53.0 Å². The fraction of sp³-hybridized carbons (Fsp3) is 0.613. The number of ether oxygens (including phenoxy) is 2. The fourth-order valence-corrected chi connectivity index (χ4v) is 8.98. The average molecular weight is 620 g/mol. The second-order valence-corrected chi connectivity index (χ2v) is 14.3. The van der Waals surface area contributed by atoms with E-state index in [1.165, 1.54) is 6.07 Å². The van der Waals surface area contributed by atoms with E-state index in [-0.39, 0.29) is 34.6 Å². The summed E-state index contributed by atoms with van der Waals surface area (Å²) in [6, 6.07) is 5.76. The number of hydrogen-bond donors (Lipinski definition) is 4. The van der Waals surface area contributed by atoms with Gasteiger partial charge in [-0.25, -0.2) is 9.37 Å². The van der Waals surface area contributed by atoms with Crippen LogP contribution < -0.4 is 16.0 Å². The van der Waals surface area contributed by atoms with E-state index < -0.39 is 41.1 Å². The Morgan fingerprint density at radius 2 is 2.07 bits per heavy atom. The summed E-state index contributed by atoms with van der Waals surface area (Å²) >= 11 is 12.7. The van der Waals surface area contributed by atoms with E-state index in [1.54, 1.807) is 31.3 Å². The third-order valence-corrected chi connectivity index (χ3v) is 11.1. The smallest absolute Gasteiger partial charge is 0.238 e. The van der Waals surface area contributed by atoms with E-state index in [0.717, 1.165) is 30.5 Å².